The fourth-order valence-corrected chi connectivity index (χ4v) is 3.60. The molecule has 2 aliphatic heterocycles. The summed E-state index contributed by atoms with van der Waals surface area (Å²) in [5, 5.41) is 0. The van der Waals surface area contributed by atoms with Gasteiger partial charge in [-0.15, -0.1) is 0 Å². The summed E-state index contributed by atoms with van der Waals surface area (Å²) < 4.78 is 17.8. The lowest BCUT2D eigenvalue weighted by molar-refractivity contribution is -0.160. The zero-order valence-electron chi connectivity index (χ0n) is 18.8. The third-order valence-corrected chi connectivity index (χ3v) is 5.93. The van der Waals surface area contributed by atoms with Gasteiger partial charge in [-0.05, 0) is 72.0 Å². The Balaban J connectivity index is 1.82. The number of amides is 1. The Hall–Kier alpha value is -1.86. The largest absolute Gasteiger partial charge is 0.494 e. The van der Waals surface area contributed by atoms with E-state index in [1.807, 2.05) is 73.6 Å². The average Bonchev–Trinajstić information content (AvgIpc) is 3.00. The van der Waals surface area contributed by atoms with Gasteiger partial charge in [0.2, 0.25) is 0 Å². The molecule has 7 heteroatoms. The normalized spacial score (nSPS) is 21.3. The zero-order valence-corrected chi connectivity index (χ0v) is 18.8. The molecule has 1 atom stereocenters. The predicted octanol–water partition coefficient (Wildman–Crippen LogP) is 3.06. The number of fused-ring (bicyclic) bond motifs is 1. The van der Waals surface area contributed by atoms with Gasteiger partial charge in [-0.25, -0.2) is 4.79 Å². The molecule has 0 unspecified atom stereocenters. The van der Waals surface area contributed by atoms with E-state index in [4.69, 9.17) is 14.0 Å². The van der Waals surface area contributed by atoms with Crippen LogP contribution in [0, 0.1) is 0 Å². The molecule has 0 aromatic heterocycles. The molecule has 1 fully saturated rings. The molecule has 1 saturated heterocycles. The van der Waals surface area contributed by atoms with Crippen LogP contribution < -0.4 is 5.46 Å². The molecule has 0 radical (unpaired) electrons. The van der Waals surface area contributed by atoms with E-state index in [0.29, 0.717) is 18.5 Å². The molecular formula is C22H32BNO5. The Morgan fingerprint density at radius 1 is 1.21 bits per heavy atom. The van der Waals surface area contributed by atoms with Crippen LogP contribution in [0.2, 0.25) is 0 Å². The number of nitrogens with zero attached hydrogens (tertiary/aromatic N) is 1. The first-order chi connectivity index (χ1) is 13.3. The quantitative estimate of drug-likeness (QED) is 0.573. The minimum atomic E-state index is -0.602. The maximum atomic E-state index is 13.1. The van der Waals surface area contributed by atoms with Crippen molar-refractivity contribution in [3.05, 3.63) is 29.3 Å². The molecule has 2 heterocycles. The summed E-state index contributed by atoms with van der Waals surface area (Å²) in [4.78, 5) is 27.4. The van der Waals surface area contributed by atoms with Crippen molar-refractivity contribution in [3.63, 3.8) is 0 Å². The molecule has 29 heavy (non-hydrogen) atoms. The van der Waals surface area contributed by atoms with Gasteiger partial charge < -0.3 is 18.9 Å². The standard InChI is InChI=1S/C22H32BNO5/c1-9-17(19(26)27-20(2,3)4)24-13-14-10-11-15(12-16(14)18(24)25)23-28-21(5,6)22(7,8)29-23/h10-12,17H,9,13H2,1-8H3/t17-/m1/s1. The maximum Gasteiger partial charge on any atom is 0.494 e. The summed E-state index contributed by atoms with van der Waals surface area (Å²) >= 11 is 0. The van der Waals surface area contributed by atoms with Gasteiger partial charge in [0.05, 0.1) is 11.2 Å². The molecule has 0 bridgehead atoms. The zero-order chi connectivity index (χ0) is 21.8. The third kappa shape index (κ3) is 4.08. The minimum Gasteiger partial charge on any atom is -0.458 e. The second kappa shape index (κ2) is 7.13. The highest BCUT2D eigenvalue weighted by atomic mass is 16.7. The SMILES string of the molecule is CC[C@H](C(=O)OC(C)(C)C)N1Cc2ccc(B3OC(C)(C)C(C)(C)O3)cc2C1=O. The molecule has 0 spiro atoms. The smallest absolute Gasteiger partial charge is 0.458 e. The van der Waals surface area contributed by atoms with Gasteiger partial charge in [0.25, 0.3) is 5.91 Å². The summed E-state index contributed by atoms with van der Waals surface area (Å²) in [7, 11) is -0.528. The first-order valence-corrected chi connectivity index (χ1v) is 10.3. The lowest BCUT2D eigenvalue weighted by Crippen LogP contribution is -2.44. The van der Waals surface area contributed by atoms with Crippen molar-refractivity contribution in [1.29, 1.82) is 0 Å². The molecule has 3 rings (SSSR count). The maximum absolute atomic E-state index is 13.1. The van der Waals surface area contributed by atoms with E-state index >= 15 is 0 Å². The van der Waals surface area contributed by atoms with E-state index in [1.54, 1.807) is 4.90 Å². The Kier molecular flexibility index (Phi) is 5.37. The van der Waals surface area contributed by atoms with E-state index < -0.39 is 30.0 Å². The fraction of sp³-hybridized carbons (Fsp3) is 0.636. The van der Waals surface area contributed by atoms with E-state index in [9.17, 15) is 9.59 Å². The van der Waals surface area contributed by atoms with Crippen LogP contribution in [-0.2, 0) is 25.4 Å². The lowest BCUT2D eigenvalue weighted by atomic mass is 9.78. The highest BCUT2D eigenvalue weighted by Crippen LogP contribution is 2.37. The summed E-state index contributed by atoms with van der Waals surface area (Å²) in [6.07, 6.45) is 0.499. The molecule has 0 N–H and O–H groups in total. The first kappa shape index (κ1) is 21.8. The van der Waals surface area contributed by atoms with Crippen LogP contribution >= 0.6 is 0 Å². The highest BCUT2D eigenvalue weighted by Gasteiger charge is 2.52. The summed E-state index contributed by atoms with van der Waals surface area (Å²) in [6, 6.07) is 5.10. The lowest BCUT2D eigenvalue weighted by Gasteiger charge is -2.32. The molecule has 1 aromatic rings. The number of hydrogen-bond acceptors (Lipinski definition) is 5. The van der Waals surface area contributed by atoms with Gasteiger partial charge in [-0.2, -0.15) is 0 Å². The summed E-state index contributed by atoms with van der Waals surface area (Å²) in [6.45, 7) is 15.8. The van der Waals surface area contributed by atoms with Crippen LogP contribution in [0.25, 0.3) is 0 Å². The van der Waals surface area contributed by atoms with Crippen LogP contribution in [0.3, 0.4) is 0 Å². The van der Waals surface area contributed by atoms with Gasteiger partial charge >= 0.3 is 13.1 Å². The van der Waals surface area contributed by atoms with Crippen molar-refractivity contribution < 1.29 is 23.6 Å². The Labute approximate surface area is 174 Å². The topological polar surface area (TPSA) is 65.1 Å². The summed E-state index contributed by atoms with van der Waals surface area (Å²) in [5.74, 6) is -0.525. The van der Waals surface area contributed by atoms with Gasteiger partial charge in [0.1, 0.15) is 11.6 Å². The molecule has 1 aromatic carbocycles. The first-order valence-electron chi connectivity index (χ1n) is 10.3. The van der Waals surface area contributed by atoms with Crippen LogP contribution in [0.4, 0.5) is 0 Å². The van der Waals surface area contributed by atoms with Crippen LogP contribution in [0.15, 0.2) is 18.2 Å². The number of hydrogen-bond donors (Lipinski definition) is 0. The molecule has 0 aliphatic carbocycles. The Morgan fingerprint density at radius 3 is 2.31 bits per heavy atom. The number of carbonyl (C=O) groups is 2. The van der Waals surface area contributed by atoms with E-state index in [2.05, 4.69) is 0 Å². The van der Waals surface area contributed by atoms with Crippen molar-refractivity contribution in [2.24, 2.45) is 0 Å². The molecule has 6 nitrogen and oxygen atoms in total. The molecule has 1 amide bonds. The highest BCUT2D eigenvalue weighted by molar-refractivity contribution is 6.62. The van der Waals surface area contributed by atoms with Crippen LogP contribution in [0.1, 0.15) is 77.7 Å². The minimum absolute atomic E-state index is 0.156. The van der Waals surface area contributed by atoms with Crippen molar-refractivity contribution >= 4 is 24.5 Å². The van der Waals surface area contributed by atoms with Gasteiger partial charge in [0, 0.05) is 12.1 Å². The van der Waals surface area contributed by atoms with Crippen molar-refractivity contribution in [2.45, 2.75) is 91.2 Å². The van der Waals surface area contributed by atoms with Crippen molar-refractivity contribution in [3.8, 4) is 0 Å². The second-order valence-corrected chi connectivity index (χ2v) is 9.90. The van der Waals surface area contributed by atoms with Crippen molar-refractivity contribution in [1.82, 2.24) is 4.90 Å². The molecule has 0 saturated carbocycles. The van der Waals surface area contributed by atoms with Crippen molar-refractivity contribution in [2.75, 3.05) is 0 Å². The van der Waals surface area contributed by atoms with Crippen LogP contribution in [0.5, 0.6) is 0 Å². The second-order valence-electron chi connectivity index (χ2n) is 9.90. The van der Waals surface area contributed by atoms with Gasteiger partial charge in [0.15, 0.2) is 0 Å². The third-order valence-electron chi connectivity index (χ3n) is 5.93. The number of ether oxygens (including phenoxy) is 1. The number of carbonyl (C=O) groups excluding carboxylic acids is 2. The van der Waals surface area contributed by atoms with Gasteiger partial charge in [-0.1, -0.05) is 19.1 Å². The molecular weight excluding hydrogens is 369 g/mol. The monoisotopic (exact) mass is 401 g/mol. The number of esters is 1. The van der Waals surface area contributed by atoms with Crippen LogP contribution in [-0.4, -0.2) is 46.7 Å². The Morgan fingerprint density at radius 2 is 1.79 bits per heavy atom. The fourth-order valence-electron chi connectivity index (χ4n) is 3.60. The Bertz CT molecular complexity index is 811. The molecule has 158 valence electrons. The average molecular weight is 401 g/mol. The van der Waals surface area contributed by atoms with E-state index in [-0.39, 0.29) is 11.9 Å². The summed E-state index contributed by atoms with van der Waals surface area (Å²) in [5.41, 5.74) is 0.816. The number of benzene rings is 1. The van der Waals surface area contributed by atoms with E-state index in [1.165, 1.54) is 0 Å². The van der Waals surface area contributed by atoms with E-state index in [0.717, 1.165) is 11.0 Å². The predicted molar refractivity (Wildman–Crippen MR) is 112 cm³/mol. The van der Waals surface area contributed by atoms with Gasteiger partial charge in [-0.3, -0.25) is 4.79 Å². The number of rotatable bonds is 4. The molecule has 2 aliphatic rings.